The topological polar surface area (TPSA) is 46.5 Å². The molecule has 28 heavy (non-hydrogen) atoms. The van der Waals surface area contributed by atoms with Gasteiger partial charge in [0.25, 0.3) is 0 Å². The third-order valence-electron chi connectivity index (χ3n) is 7.87. The van der Waals surface area contributed by atoms with Gasteiger partial charge in [-0.25, -0.2) is 4.79 Å². The number of hydrogen-bond donors (Lipinski definition) is 1. The van der Waals surface area contributed by atoms with Crippen LogP contribution in [0.15, 0.2) is 48.5 Å². The van der Waals surface area contributed by atoms with E-state index in [1.54, 1.807) is 12.1 Å². The van der Waals surface area contributed by atoms with Crippen LogP contribution in [0.1, 0.15) is 66.4 Å². The van der Waals surface area contributed by atoms with E-state index in [2.05, 4.69) is 19.1 Å². The number of rotatable bonds is 2. The van der Waals surface area contributed by atoms with Crippen LogP contribution in [0.5, 0.6) is 5.75 Å². The molecule has 2 aromatic rings. The molecule has 3 aliphatic carbocycles. The van der Waals surface area contributed by atoms with E-state index in [0.29, 0.717) is 29.1 Å². The highest BCUT2D eigenvalue weighted by atomic mass is 16.5. The SMILES string of the molecule is C[C@]12CCC3c4ccc(OC(=O)c5ccccc5)cc4CCC3C1CC[C@H]2O. The van der Waals surface area contributed by atoms with Gasteiger partial charge in [-0.1, -0.05) is 31.2 Å². The summed E-state index contributed by atoms with van der Waals surface area (Å²) in [5.74, 6) is 2.25. The number of aryl methyl sites for hydroxylation is 1. The minimum Gasteiger partial charge on any atom is -0.423 e. The first-order valence-corrected chi connectivity index (χ1v) is 10.6. The van der Waals surface area contributed by atoms with E-state index in [1.165, 1.54) is 24.0 Å². The van der Waals surface area contributed by atoms with Gasteiger partial charge in [-0.3, -0.25) is 0 Å². The lowest BCUT2D eigenvalue weighted by molar-refractivity contribution is -0.0226. The molecule has 0 spiro atoms. The maximum Gasteiger partial charge on any atom is 0.343 e. The van der Waals surface area contributed by atoms with Crippen molar-refractivity contribution in [1.82, 2.24) is 0 Å². The first-order chi connectivity index (χ1) is 13.6. The molecule has 2 fully saturated rings. The maximum atomic E-state index is 12.4. The predicted molar refractivity (Wildman–Crippen MR) is 108 cm³/mol. The fourth-order valence-corrected chi connectivity index (χ4v) is 6.33. The number of aliphatic hydroxyl groups is 1. The second-order valence-corrected chi connectivity index (χ2v) is 9.17. The first-order valence-electron chi connectivity index (χ1n) is 10.6. The second-order valence-electron chi connectivity index (χ2n) is 9.17. The highest BCUT2D eigenvalue weighted by Gasteiger charge is 2.54. The monoisotopic (exact) mass is 376 g/mol. The van der Waals surface area contributed by atoms with Crippen LogP contribution in [-0.4, -0.2) is 17.2 Å². The van der Waals surface area contributed by atoms with Gasteiger partial charge in [0.1, 0.15) is 5.75 Å². The largest absolute Gasteiger partial charge is 0.423 e. The number of fused-ring (bicyclic) bond motifs is 5. The van der Waals surface area contributed by atoms with Crippen molar-refractivity contribution >= 4 is 5.97 Å². The van der Waals surface area contributed by atoms with E-state index in [0.717, 1.165) is 25.7 Å². The Kier molecular flexibility index (Phi) is 4.31. The average molecular weight is 376 g/mol. The molecule has 0 amide bonds. The van der Waals surface area contributed by atoms with Crippen LogP contribution in [0, 0.1) is 17.3 Å². The van der Waals surface area contributed by atoms with Gasteiger partial charge in [-0.2, -0.15) is 0 Å². The van der Waals surface area contributed by atoms with Gasteiger partial charge in [0, 0.05) is 0 Å². The molecule has 5 atom stereocenters. The summed E-state index contributed by atoms with van der Waals surface area (Å²) < 4.78 is 5.63. The Hall–Kier alpha value is -2.13. The van der Waals surface area contributed by atoms with Gasteiger partial charge >= 0.3 is 5.97 Å². The lowest BCUT2D eigenvalue weighted by Gasteiger charge is -2.50. The summed E-state index contributed by atoms with van der Waals surface area (Å²) in [7, 11) is 0. The van der Waals surface area contributed by atoms with Crippen molar-refractivity contribution in [3.8, 4) is 5.75 Å². The summed E-state index contributed by atoms with van der Waals surface area (Å²) >= 11 is 0. The molecule has 2 aromatic carbocycles. The van der Waals surface area contributed by atoms with E-state index in [4.69, 9.17) is 4.74 Å². The molecule has 3 heteroatoms. The minimum absolute atomic E-state index is 0.115. The molecule has 0 bridgehead atoms. The van der Waals surface area contributed by atoms with E-state index in [9.17, 15) is 9.90 Å². The van der Waals surface area contributed by atoms with Crippen LogP contribution >= 0.6 is 0 Å². The Bertz CT molecular complexity index is 890. The maximum absolute atomic E-state index is 12.4. The van der Waals surface area contributed by atoms with E-state index in [-0.39, 0.29) is 17.5 Å². The average Bonchev–Trinajstić information content (AvgIpc) is 3.03. The predicted octanol–water partition coefficient (Wildman–Crippen LogP) is 5.12. The van der Waals surface area contributed by atoms with Crippen molar-refractivity contribution in [1.29, 1.82) is 0 Å². The number of benzene rings is 2. The molecule has 3 nitrogen and oxygen atoms in total. The Morgan fingerprint density at radius 3 is 2.71 bits per heavy atom. The molecule has 5 rings (SSSR count). The van der Waals surface area contributed by atoms with E-state index in [1.807, 2.05) is 24.3 Å². The second kappa shape index (κ2) is 6.73. The Morgan fingerprint density at radius 1 is 1.07 bits per heavy atom. The highest BCUT2D eigenvalue weighted by Crippen LogP contribution is 2.60. The standard InChI is InChI=1S/C25H28O3/c1-25-14-13-20-19-10-8-18(28-24(27)16-5-3-2-4-6-16)15-17(19)7-9-21(20)22(25)11-12-23(25)26/h2-6,8,10,15,20-23,26H,7,9,11-14H2,1H3/t20?,21?,22?,23-,25+/m1/s1. The Balaban J connectivity index is 1.37. The number of carbonyl (C=O) groups is 1. The van der Waals surface area contributed by atoms with Crippen molar-refractivity contribution < 1.29 is 14.6 Å². The lowest BCUT2D eigenvalue weighted by atomic mass is 9.55. The number of aliphatic hydroxyl groups excluding tert-OH is 1. The first kappa shape index (κ1) is 17.9. The zero-order valence-corrected chi connectivity index (χ0v) is 16.4. The number of ether oxygens (including phenoxy) is 1. The third kappa shape index (κ3) is 2.79. The van der Waals surface area contributed by atoms with Crippen LogP contribution in [0.25, 0.3) is 0 Å². The molecular formula is C25H28O3. The molecule has 0 radical (unpaired) electrons. The molecule has 3 aliphatic rings. The van der Waals surface area contributed by atoms with Gasteiger partial charge in [-0.05, 0) is 97.1 Å². The third-order valence-corrected chi connectivity index (χ3v) is 7.87. The molecular weight excluding hydrogens is 348 g/mol. The fourth-order valence-electron chi connectivity index (χ4n) is 6.33. The highest BCUT2D eigenvalue weighted by molar-refractivity contribution is 5.91. The summed E-state index contributed by atoms with van der Waals surface area (Å²) in [6.45, 7) is 2.31. The van der Waals surface area contributed by atoms with Crippen molar-refractivity contribution in [2.24, 2.45) is 17.3 Å². The van der Waals surface area contributed by atoms with Gasteiger partial charge in [0.05, 0.1) is 11.7 Å². The zero-order chi connectivity index (χ0) is 19.3. The lowest BCUT2D eigenvalue weighted by Crippen LogP contribution is -2.43. The van der Waals surface area contributed by atoms with Crippen molar-refractivity contribution in [3.05, 3.63) is 65.2 Å². The molecule has 0 heterocycles. The van der Waals surface area contributed by atoms with Crippen molar-refractivity contribution in [2.45, 2.75) is 57.5 Å². The molecule has 0 saturated heterocycles. The summed E-state index contributed by atoms with van der Waals surface area (Å²) in [4.78, 5) is 12.4. The Morgan fingerprint density at radius 2 is 1.89 bits per heavy atom. The van der Waals surface area contributed by atoms with Crippen LogP contribution in [0.3, 0.4) is 0 Å². The molecule has 2 saturated carbocycles. The number of carbonyl (C=O) groups excluding carboxylic acids is 1. The summed E-state index contributed by atoms with van der Waals surface area (Å²) in [5.41, 5.74) is 3.47. The summed E-state index contributed by atoms with van der Waals surface area (Å²) in [6, 6.07) is 15.4. The molecule has 1 N–H and O–H groups in total. The van der Waals surface area contributed by atoms with Gasteiger partial charge in [0.15, 0.2) is 0 Å². The summed E-state index contributed by atoms with van der Waals surface area (Å²) in [5, 5.41) is 10.5. The molecule has 3 unspecified atom stereocenters. The fraction of sp³-hybridized carbons (Fsp3) is 0.480. The van der Waals surface area contributed by atoms with Gasteiger partial charge in [-0.15, -0.1) is 0 Å². The molecule has 0 aliphatic heterocycles. The van der Waals surface area contributed by atoms with Crippen LogP contribution in [0.4, 0.5) is 0 Å². The van der Waals surface area contributed by atoms with Crippen molar-refractivity contribution in [3.63, 3.8) is 0 Å². The van der Waals surface area contributed by atoms with Gasteiger partial charge in [0.2, 0.25) is 0 Å². The number of hydrogen-bond acceptors (Lipinski definition) is 3. The van der Waals surface area contributed by atoms with Crippen LogP contribution in [-0.2, 0) is 6.42 Å². The van der Waals surface area contributed by atoms with Crippen LogP contribution < -0.4 is 4.74 Å². The van der Waals surface area contributed by atoms with Crippen LogP contribution in [0.2, 0.25) is 0 Å². The number of esters is 1. The van der Waals surface area contributed by atoms with E-state index < -0.39 is 0 Å². The quantitative estimate of drug-likeness (QED) is 0.584. The normalized spacial score (nSPS) is 33.5. The molecule has 146 valence electrons. The van der Waals surface area contributed by atoms with Gasteiger partial charge < -0.3 is 9.84 Å². The minimum atomic E-state index is -0.303. The Labute approximate surface area is 166 Å². The van der Waals surface area contributed by atoms with E-state index >= 15 is 0 Å². The molecule has 0 aromatic heterocycles. The zero-order valence-electron chi connectivity index (χ0n) is 16.4. The smallest absolute Gasteiger partial charge is 0.343 e. The summed E-state index contributed by atoms with van der Waals surface area (Å²) in [6.07, 6.45) is 6.50. The van der Waals surface area contributed by atoms with Crippen molar-refractivity contribution in [2.75, 3.05) is 0 Å².